The fourth-order valence-electron chi connectivity index (χ4n) is 2.01. The molecule has 2 heterocycles. The number of nitrogens with one attached hydrogen (secondary N) is 1. The molecular weight excluding hydrogens is 257 g/mol. The van der Waals surface area contributed by atoms with Crippen LogP contribution in [-0.4, -0.2) is 24.2 Å². The molecule has 100 valence electrons. The van der Waals surface area contributed by atoms with Gasteiger partial charge in [-0.05, 0) is 12.5 Å². The van der Waals surface area contributed by atoms with E-state index in [1.165, 1.54) is 11.1 Å². The molecule has 1 N–H and O–H groups in total. The number of fused-ring (bicyclic) bond motifs is 1. The van der Waals surface area contributed by atoms with Crippen LogP contribution in [-0.2, 0) is 6.18 Å². The van der Waals surface area contributed by atoms with Gasteiger partial charge in [0.25, 0.3) is 0 Å². The van der Waals surface area contributed by atoms with Gasteiger partial charge < -0.3 is 10.1 Å². The second-order valence-corrected chi connectivity index (χ2v) is 4.56. The topological polar surface area (TPSA) is 34.1 Å². The van der Waals surface area contributed by atoms with Crippen molar-refractivity contribution in [2.45, 2.75) is 18.6 Å². The molecule has 3 rings (SSSR count). The minimum atomic E-state index is -4.37. The highest BCUT2D eigenvalue weighted by atomic mass is 19.4. The van der Waals surface area contributed by atoms with Crippen molar-refractivity contribution in [2.24, 2.45) is 0 Å². The lowest BCUT2D eigenvalue weighted by atomic mass is 10.1. The fourth-order valence-corrected chi connectivity index (χ4v) is 2.01. The summed E-state index contributed by atoms with van der Waals surface area (Å²) >= 11 is 0. The molecule has 1 atom stereocenters. The Kier molecular flexibility index (Phi) is 2.84. The van der Waals surface area contributed by atoms with Crippen LogP contribution < -0.4 is 10.1 Å². The molecule has 0 spiro atoms. The average molecular weight is 268 g/mol. The normalized spacial score (nSPS) is 21.3. The van der Waals surface area contributed by atoms with Crippen molar-refractivity contribution in [2.75, 3.05) is 13.2 Å². The number of hydrogen-bond donors (Lipinski definition) is 1. The summed E-state index contributed by atoms with van der Waals surface area (Å²) in [7, 11) is 0. The van der Waals surface area contributed by atoms with Gasteiger partial charge in [-0.15, -0.1) is 5.73 Å². The van der Waals surface area contributed by atoms with Crippen molar-refractivity contribution in [3.05, 3.63) is 40.8 Å². The van der Waals surface area contributed by atoms with Crippen LogP contribution in [0.2, 0.25) is 0 Å². The van der Waals surface area contributed by atoms with Crippen LogP contribution in [0.15, 0.2) is 35.2 Å². The third kappa shape index (κ3) is 2.80. The van der Waals surface area contributed by atoms with E-state index >= 15 is 0 Å². The molecule has 1 aromatic heterocycles. The first kappa shape index (κ1) is 12.3. The number of halogens is 3. The highest BCUT2D eigenvalue weighted by Crippen LogP contribution is 2.31. The van der Waals surface area contributed by atoms with Gasteiger partial charge in [0.2, 0.25) is 5.88 Å². The smallest absolute Gasteiger partial charge is 0.416 e. The number of rotatable bonds is 3. The number of alkyl halides is 3. The summed E-state index contributed by atoms with van der Waals surface area (Å²) in [5.41, 5.74) is 4.82. The first-order valence-corrected chi connectivity index (χ1v) is 5.91. The SMILES string of the molecule is FC(F)(F)c1ccnc(OC[C@@H]2CC3=C=C3CN2)c1. The minimum absolute atomic E-state index is 0.000146. The molecule has 0 bridgehead atoms. The Morgan fingerprint density at radius 1 is 1.42 bits per heavy atom. The van der Waals surface area contributed by atoms with E-state index in [0.717, 1.165) is 31.3 Å². The standard InChI is InChI=1S/C13H11F3N2O/c14-13(15,16)10-1-2-17-12(5-10)19-7-11-4-8-3-9(8)6-18-11/h1-2,5,11,18H,4,6-7H2/t11-/m0/s1. The third-order valence-corrected chi connectivity index (χ3v) is 3.12. The Hall–Kier alpha value is -1.78. The number of piperidine rings is 1. The average Bonchev–Trinajstić information content (AvgIpc) is 3.14. The van der Waals surface area contributed by atoms with E-state index in [2.05, 4.69) is 16.0 Å². The van der Waals surface area contributed by atoms with Crippen LogP contribution in [0.4, 0.5) is 13.2 Å². The summed E-state index contributed by atoms with van der Waals surface area (Å²) in [6, 6.07) is 1.95. The van der Waals surface area contributed by atoms with E-state index < -0.39 is 11.7 Å². The number of nitrogens with zero attached hydrogens (tertiary/aromatic N) is 1. The summed E-state index contributed by atoms with van der Waals surface area (Å²) in [5.74, 6) is 0.000146. The molecule has 1 fully saturated rings. The Morgan fingerprint density at radius 3 is 3.00 bits per heavy atom. The lowest BCUT2D eigenvalue weighted by molar-refractivity contribution is -0.137. The fraction of sp³-hybridized carbons (Fsp3) is 0.385. The van der Waals surface area contributed by atoms with Gasteiger partial charge in [0.1, 0.15) is 6.61 Å². The summed E-state index contributed by atoms with van der Waals surface area (Å²) in [6.45, 7) is 1.06. The molecule has 19 heavy (non-hydrogen) atoms. The molecule has 0 saturated carbocycles. The highest BCUT2D eigenvalue weighted by molar-refractivity contribution is 5.47. The molecule has 0 radical (unpaired) electrons. The summed E-state index contributed by atoms with van der Waals surface area (Å²) in [5, 5.41) is 3.23. The van der Waals surface area contributed by atoms with Crippen LogP contribution in [0, 0.1) is 0 Å². The van der Waals surface area contributed by atoms with Crippen molar-refractivity contribution < 1.29 is 17.9 Å². The maximum atomic E-state index is 12.5. The Bertz CT molecular complexity index is 573. The molecule has 0 unspecified atom stereocenters. The minimum Gasteiger partial charge on any atom is -0.476 e. The van der Waals surface area contributed by atoms with E-state index in [-0.39, 0.29) is 11.9 Å². The molecule has 6 heteroatoms. The van der Waals surface area contributed by atoms with Crippen molar-refractivity contribution in [3.63, 3.8) is 0 Å². The Morgan fingerprint density at radius 2 is 2.26 bits per heavy atom. The summed E-state index contributed by atoms with van der Waals surface area (Å²) < 4.78 is 42.9. The predicted octanol–water partition coefficient (Wildman–Crippen LogP) is 2.31. The molecule has 1 aliphatic carbocycles. The first-order chi connectivity index (χ1) is 9.02. The van der Waals surface area contributed by atoms with Gasteiger partial charge in [-0.3, -0.25) is 0 Å². The lowest BCUT2D eigenvalue weighted by Crippen LogP contribution is -2.38. The lowest BCUT2D eigenvalue weighted by Gasteiger charge is -2.21. The first-order valence-electron chi connectivity index (χ1n) is 5.91. The summed E-state index contributed by atoms with van der Waals surface area (Å²) in [6.07, 6.45) is -2.45. The molecule has 2 aliphatic rings. The van der Waals surface area contributed by atoms with E-state index in [9.17, 15) is 13.2 Å². The molecule has 0 amide bonds. The molecule has 1 saturated heterocycles. The van der Waals surface area contributed by atoms with Gasteiger partial charge in [-0.1, -0.05) is 0 Å². The molecule has 1 aliphatic heterocycles. The largest absolute Gasteiger partial charge is 0.476 e. The quantitative estimate of drug-likeness (QED) is 0.854. The highest BCUT2D eigenvalue weighted by Gasteiger charge is 2.31. The van der Waals surface area contributed by atoms with Crippen molar-refractivity contribution in [3.8, 4) is 5.88 Å². The van der Waals surface area contributed by atoms with Gasteiger partial charge in [-0.25, -0.2) is 4.98 Å². The van der Waals surface area contributed by atoms with E-state index in [1.54, 1.807) is 0 Å². The van der Waals surface area contributed by atoms with Crippen LogP contribution in [0.25, 0.3) is 0 Å². The van der Waals surface area contributed by atoms with Crippen molar-refractivity contribution in [1.82, 2.24) is 10.3 Å². The molecule has 1 aromatic rings. The molecular formula is C13H11F3N2O. The van der Waals surface area contributed by atoms with Crippen molar-refractivity contribution >= 4 is 0 Å². The van der Waals surface area contributed by atoms with Crippen LogP contribution in [0.3, 0.4) is 0 Å². The van der Waals surface area contributed by atoms with E-state index in [1.807, 2.05) is 0 Å². The maximum Gasteiger partial charge on any atom is 0.416 e. The molecule has 3 nitrogen and oxygen atoms in total. The van der Waals surface area contributed by atoms with Gasteiger partial charge in [0.15, 0.2) is 0 Å². The second-order valence-electron chi connectivity index (χ2n) is 4.56. The van der Waals surface area contributed by atoms with Crippen LogP contribution in [0.5, 0.6) is 5.88 Å². The maximum absolute atomic E-state index is 12.5. The van der Waals surface area contributed by atoms with E-state index in [4.69, 9.17) is 4.74 Å². The van der Waals surface area contributed by atoms with E-state index in [0.29, 0.717) is 6.61 Å². The number of ether oxygens (including phenoxy) is 1. The van der Waals surface area contributed by atoms with Crippen LogP contribution in [0.1, 0.15) is 12.0 Å². The van der Waals surface area contributed by atoms with Crippen molar-refractivity contribution in [1.29, 1.82) is 0 Å². The zero-order valence-corrected chi connectivity index (χ0v) is 9.92. The second kappa shape index (κ2) is 4.40. The number of pyridine rings is 1. The monoisotopic (exact) mass is 268 g/mol. The summed E-state index contributed by atoms with van der Waals surface area (Å²) in [4.78, 5) is 3.79. The Labute approximate surface area is 107 Å². The zero-order valence-electron chi connectivity index (χ0n) is 9.92. The Balaban J connectivity index is 1.59. The van der Waals surface area contributed by atoms with Gasteiger partial charge >= 0.3 is 6.18 Å². The van der Waals surface area contributed by atoms with Gasteiger partial charge in [0, 0.05) is 36.0 Å². The number of hydrogen-bond acceptors (Lipinski definition) is 3. The predicted molar refractivity (Wildman–Crippen MR) is 61.7 cm³/mol. The van der Waals surface area contributed by atoms with Crippen LogP contribution >= 0.6 is 0 Å². The number of aromatic nitrogens is 1. The zero-order chi connectivity index (χ0) is 13.5. The van der Waals surface area contributed by atoms with Gasteiger partial charge in [0.05, 0.1) is 5.56 Å². The van der Waals surface area contributed by atoms with Gasteiger partial charge in [-0.2, -0.15) is 13.2 Å². The third-order valence-electron chi connectivity index (χ3n) is 3.12. The molecule has 0 aromatic carbocycles.